The number of hydrogen-bond donors (Lipinski definition) is 4. The molecule has 0 spiro atoms. The first-order valence-electron chi connectivity index (χ1n) is 24.7. The van der Waals surface area contributed by atoms with Gasteiger partial charge >= 0.3 is 12.2 Å². The van der Waals surface area contributed by atoms with Crippen molar-refractivity contribution >= 4 is 52.1 Å². The number of halogens is 1. The van der Waals surface area contributed by atoms with Crippen LogP contribution in [0.15, 0.2) is 60.9 Å². The van der Waals surface area contributed by atoms with Gasteiger partial charge in [0.05, 0.1) is 71.7 Å². The second-order valence-electron chi connectivity index (χ2n) is 19.9. The predicted octanol–water partition coefficient (Wildman–Crippen LogP) is 8.02. The molecule has 4 fully saturated rings. The van der Waals surface area contributed by atoms with Crippen LogP contribution < -0.4 is 15.4 Å². The number of H-pyrrole nitrogens is 2. The summed E-state index contributed by atoms with van der Waals surface area (Å²) in [6, 6.07) is 13.3. The third kappa shape index (κ3) is 8.51. The normalized spacial score (nSPS) is 20.4. The highest BCUT2D eigenvalue weighted by molar-refractivity contribution is 7.12. The van der Waals surface area contributed by atoms with Gasteiger partial charge in [-0.25, -0.2) is 23.9 Å². The lowest BCUT2D eigenvalue weighted by atomic mass is 9.90. The molecule has 2 unspecified atom stereocenters. The van der Waals surface area contributed by atoms with Gasteiger partial charge in [0.25, 0.3) is 0 Å². The number of benzene rings is 2. The van der Waals surface area contributed by atoms with Crippen molar-refractivity contribution in [3.63, 3.8) is 0 Å². The van der Waals surface area contributed by atoms with Gasteiger partial charge in [-0.3, -0.25) is 19.0 Å². The molecule has 8 heterocycles. The Morgan fingerprint density at radius 3 is 2.07 bits per heavy atom. The van der Waals surface area contributed by atoms with Crippen molar-refractivity contribution in [1.82, 2.24) is 49.8 Å². The minimum Gasteiger partial charge on any atom is -0.464 e. The number of amides is 5. The molecular weight excluding hydrogens is 944 g/mol. The summed E-state index contributed by atoms with van der Waals surface area (Å²) in [7, 11) is 2.52. The summed E-state index contributed by atoms with van der Waals surface area (Å²) in [5, 5.41) is 6.29. The van der Waals surface area contributed by atoms with Gasteiger partial charge in [0.1, 0.15) is 35.3 Å². The van der Waals surface area contributed by atoms with E-state index in [4.69, 9.17) is 24.2 Å². The number of fused-ring (bicyclic) bond motifs is 5. The lowest BCUT2D eigenvalue weighted by Crippen LogP contribution is -2.62. The lowest BCUT2D eigenvalue weighted by molar-refractivity contribution is -0.143. The number of nitrogens with one attached hydrogen (secondary N) is 4. The predicted molar refractivity (Wildman–Crippen MR) is 264 cm³/mol. The number of rotatable bonds is 12. The fourth-order valence-corrected chi connectivity index (χ4v) is 12.1. The third-order valence-electron chi connectivity index (χ3n) is 15.0. The van der Waals surface area contributed by atoms with Crippen molar-refractivity contribution in [2.45, 2.75) is 95.6 Å². The number of carbonyl (C=O) groups is 5. The van der Waals surface area contributed by atoms with E-state index in [1.54, 1.807) is 38.4 Å². The number of ether oxygens (including phenoxy) is 3. The average molecular weight is 1000 g/mol. The largest absolute Gasteiger partial charge is 0.464 e. The first-order valence-corrected chi connectivity index (χ1v) is 25.5. The fraction of sp³-hybridized carbons (Fsp3) is 0.442. The average Bonchev–Trinajstić information content (AvgIpc) is 4.08. The minimum atomic E-state index is -0.858. The Hall–Kier alpha value is -7.22. The SMILES string of the molecule is COC(=O)NC(C(=O)N1CCC[C@H]1c1ncc(-c2ccc3c(c2)cc2n3C(c3ccc(C4CC4)s3)Oc3cc(-c4cnc([C@@H]5CCCN5C(=O)[C@@H](NC(=O)OC)C(C)C)[nH]4)cc(F)c3-2)[nH]1)C1CN(C(C)=O)C1. The Bertz CT molecular complexity index is 3110. The topological polar surface area (TPSA) is 209 Å². The monoisotopic (exact) mass is 1000 g/mol. The Kier molecular flexibility index (Phi) is 12.3. The number of aromatic amines is 2. The van der Waals surface area contributed by atoms with Gasteiger partial charge in [-0.1, -0.05) is 19.9 Å². The second kappa shape index (κ2) is 18.8. The fourth-order valence-electron chi connectivity index (χ4n) is 10.9. The van der Waals surface area contributed by atoms with Crippen LogP contribution in [0.1, 0.15) is 105 Å². The highest BCUT2D eigenvalue weighted by atomic mass is 32.1. The Balaban J connectivity index is 0.889. The number of likely N-dealkylation sites (tertiary alicyclic amines) is 3. The molecule has 1 saturated carbocycles. The van der Waals surface area contributed by atoms with E-state index in [0.29, 0.717) is 84.9 Å². The van der Waals surface area contributed by atoms with Crippen molar-refractivity contribution in [3.8, 4) is 39.5 Å². The standard InChI is InChI=1S/C52H57FN10O8S/c1-26(2)44(58-51(67)69-4)48(65)61-16-6-8-37(61)47-55-23-35(57-47)30-19-33(53)43-39-20-31-18-29(12-13-36(31)63(39)50(71-40(43)21-30)42-15-14-41(72-42)28-10-11-28)34-22-54-46(56-34)38-9-7-17-62(38)49(66)45(59-52(68)70-5)32-24-60(25-32)27(3)64/h12-15,18-23,26,28,32,37-38,44-45,50H,6-11,16-17,24-25H2,1-5H3,(H,54,56)(H,55,57)(H,58,67)(H,59,68)/t37-,38-,44-,45?,50?/m0/s1. The molecule has 4 aliphatic heterocycles. The number of thiophene rings is 1. The number of carbonyl (C=O) groups excluding carboxylic acids is 5. The maximum atomic E-state index is 17.0. The zero-order valence-corrected chi connectivity index (χ0v) is 41.5. The molecule has 6 aromatic rings. The number of methoxy groups -OCH3 is 2. The van der Waals surface area contributed by atoms with Crippen molar-refractivity contribution in [1.29, 1.82) is 0 Å². The molecule has 2 aromatic carbocycles. The smallest absolute Gasteiger partial charge is 0.407 e. The van der Waals surface area contributed by atoms with Gasteiger partial charge in [-0.05, 0) is 92.8 Å². The van der Waals surface area contributed by atoms with Crippen molar-refractivity contribution in [2.75, 3.05) is 40.4 Å². The van der Waals surface area contributed by atoms with Gasteiger partial charge in [0, 0.05) is 60.4 Å². The number of hydrogen-bond acceptors (Lipinski definition) is 11. The molecule has 18 nitrogen and oxygen atoms in total. The number of nitrogens with zero attached hydrogens (tertiary/aromatic N) is 6. The molecule has 3 saturated heterocycles. The zero-order chi connectivity index (χ0) is 50.1. The molecule has 5 atom stereocenters. The van der Waals surface area contributed by atoms with E-state index >= 15 is 4.39 Å². The van der Waals surface area contributed by atoms with Gasteiger partial charge in [-0.2, -0.15) is 0 Å². The summed E-state index contributed by atoms with van der Waals surface area (Å²) in [6.45, 7) is 6.95. The van der Waals surface area contributed by atoms with Crippen LogP contribution in [0.2, 0.25) is 0 Å². The summed E-state index contributed by atoms with van der Waals surface area (Å²) in [5.74, 6) is 0.687. The molecule has 11 rings (SSSR count). The van der Waals surface area contributed by atoms with Crippen LogP contribution >= 0.6 is 11.3 Å². The third-order valence-corrected chi connectivity index (χ3v) is 16.2. The van der Waals surface area contributed by atoms with E-state index in [-0.39, 0.29) is 41.6 Å². The van der Waals surface area contributed by atoms with E-state index in [2.05, 4.69) is 37.3 Å². The quantitative estimate of drug-likeness (QED) is 0.0928. The first-order chi connectivity index (χ1) is 34.8. The van der Waals surface area contributed by atoms with Crippen LogP contribution in [0.25, 0.3) is 44.7 Å². The summed E-state index contributed by atoms with van der Waals surface area (Å²) in [4.78, 5) is 88.3. The van der Waals surface area contributed by atoms with E-state index in [1.165, 1.54) is 32.1 Å². The maximum Gasteiger partial charge on any atom is 0.407 e. The van der Waals surface area contributed by atoms with Crippen LogP contribution in [-0.2, 0) is 23.9 Å². The molecule has 72 heavy (non-hydrogen) atoms. The molecular formula is C52H57FN10O8S. The van der Waals surface area contributed by atoms with Crippen molar-refractivity contribution in [3.05, 3.63) is 88.1 Å². The number of aromatic nitrogens is 5. The second-order valence-corrected chi connectivity index (χ2v) is 21.0. The summed E-state index contributed by atoms with van der Waals surface area (Å²) >= 11 is 1.72. The highest BCUT2D eigenvalue weighted by Gasteiger charge is 2.45. The van der Waals surface area contributed by atoms with E-state index < -0.39 is 36.3 Å². The Labute approximate surface area is 418 Å². The zero-order valence-electron chi connectivity index (χ0n) is 40.7. The Morgan fingerprint density at radius 2 is 1.43 bits per heavy atom. The molecule has 0 radical (unpaired) electrons. The van der Waals surface area contributed by atoms with Crippen LogP contribution in [0.4, 0.5) is 14.0 Å². The van der Waals surface area contributed by atoms with Crippen LogP contribution in [0.3, 0.4) is 0 Å². The highest BCUT2D eigenvalue weighted by Crippen LogP contribution is 2.50. The van der Waals surface area contributed by atoms with Gasteiger partial charge in [0.15, 0.2) is 0 Å². The minimum absolute atomic E-state index is 0.0833. The van der Waals surface area contributed by atoms with Crippen LogP contribution in [0, 0.1) is 17.7 Å². The van der Waals surface area contributed by atoms with Crippen LogP contribution in [-0.4, -0.2) is 122 Å². The van der Waals surface area contributed by atoms with Crippen molar-refractivity contribution in [2.24, 2.45) is 11.8 Å². The summed E-state index contributed by atoms with van der Waals surface area (Å²) in [5.41, 5.74) is 4.57. The molecule has 4 aromatic heterocycles. The first kappa shape index (κ1) is 47.1. The molecule has 4 N–H and O–H groups in total. The molecule has 20 heteroatoms. The summed E-state index contributed by atoms with van der Waals surface area (Å²) in [6.07, 6.45) is 6.62. The molecule has 0 bridgehead atoms. The number of alkyl carbamates (subject to hydrolysis) is 2. The van der Waals surface area contributed by atoms with E-state index in [9.17, 15) is 24.0 Å². The molecule has 5 aliphatic rings. The van der Waals surface area contributed by atoms with E-state index in [1.807, 2.05) is 44.2 Å². The van der Waals surface area contributed by atoms with E-state index in [0.717, 1.165) is 52.7 Å². The molecule has 1 aliphatic carbocycles. The Morgan fingerprint density at radius 1 is 0.792 bits per heavy atom. The van der Waals surface area contributed by atoms with Gasteiger partial charge in [-0.15, -0.1) is 11.3 Å². The van der Waals surface area contributed by atoms with Crippen molar-refractivity contribution < 1.29 is 42.6 Å². The summed E-state index contributed by atoms with van der Waals surface area (Å²) < 4.78 is 35.6. The van der Waals surface area contributed by atoms with Crippen LogP contribution in [0.5, 0.6) is 5.75 Å². The van der Waals surface area contributed by atoms with Gasteiger partial charge in [0.2, 0.25) is 23.9 Å². The molecule has 376 valence electrons. The number of imidazole rings is 2. The van der Waals surface area contributed by atoms with Gasteiger partial charge < -0.3 is 49.5 Å². The maximum absolute atomic E-state index is 17.0. The molecule has 5 amide bonds. The lowest BCUT2D eigenvalue weighted by Gasteiger charge is -2.43.